The lowest BCUT2D eigenvalue weighted by Crippen LogP contribution is -2.26. The van der Waals surface area contributed by atoms with Gasteiger partial charge in [-0.3, -0.25) is 4.79 Å². The molecule has 0 saturated carbocycles. The zero-order valence-corrected chi connectivity index (χ0v) is 19.9. The molecule has 2 aromatic rings. The lowest BCUT2D eigenvalue weighted by atomic mass is 10.2. The van der Waals surface area contributed by atoms with Gasteiger partial charge in [0, 0.05) is 25.6 Å². The molecule has 0 atom stereocenters. The molecule has 1 heterocycles. The Morgan fingerprint density at radius 3 is 2.44 bits per heavy atom. The lowest BCUT2D eigenvalue weighted by Gasteiger charge is -2.18. The summed E-state index contributed by atoms with van der Waals surface area (Å²) in [5.41, 5.74) is 0. The Bertz CT molecular complexity index is 1030. The molecule has 2 N–H and O–H groups in total. The topological polar surface area (TPSA) is 103 Å². The first kappa shape index (κ1) is 25.8. The lowest BCUT2D eigenvalue weighted by molar-refractivity contribution is -0.121. The predicted molar refractivity (Wildman–Crippen MR) is 125 cm³/mol. The third kappa shape index (κ3) is 8.49. The van der Waals surface area contributed by atoms with Crippen LogP contribution in [0, 0.1) is 5.82 Å². The standard InChI is InChI=1S/C24H31FN2O6S/c25-19-7-9-20(10-8-19)31-15-5-4-13-26-24(28)6-2-1-3-14-27-34(29,30)21-11-12-22-23(18-21)33-17-16-32-22/h7-12,18,27H,1-6,13-17H2,(H,26,28). The Kier molecular flexibility index (Phi) is 9.96. The fraction of sp³-hybridized carbons (Fsp3) is 0.458. The van der Waals surface area contributed by atoms with Crippen LogP contribution < -0.4 is 24.2 Å². The van der Waals surface area contributed by atoms with Gasteiger partial charge >= 0.3 is 0 Å². The van der Waals surface area contributed by atoms with Gasteiger partial charge in [-0.1, -0.05) is 6.42 Å². The number of ether oxygens (including phenoxy) is 3. The maximum Gasteiger partial charge on any atom is 0.240 e. The van der Waals surface area contributed by atoms with E-state index in [1.807, 2.05) is 0 Å². The summed E-state index contributed by atoms with van der Waals surface area (Å²) in [5.74, 6) is 1.28. The van der Waals surface area contributed by atoms with E-state index in [4.69, 9.17) is 14.2 Å². The number of rotatable bonds is 14. The first-order chi connectivity index (χ1) is 16.4. The van der Waals surface area contributed by atoms with Gasteiger partial charge in [0.15, 0.2) is 11.5 Å². The zero-order chi connectivity index (χ0) is 24.2. The first-order valence-electron chi connectivity index (χ1n) is 11.5. The molecular formula is C24H31FN2O6S. The second-order valence-corrected chi connectivity index (χ2v) is 9.64. The Labute approximate surface area is 199 Å². The van der Waals surface area contributed by atoms with Crippen molar-refractivity contribution >= 4 is 15.9 Å². The van der Waals surface area contributed by atoms with E-state index < -0.39 is 10.0 Å². The number of halogens is 1. The monoisotopic (exact) mass is 494 g/mol. The van der Waals surface area contributed by atoms with Crippen molar-refractivity contribution in [3.05, 3.63) is 48.3 Å². The minimum atomic E-state index is -3.63. The fourth-order valence-corrected chi connectivity index (χ4v) is 4.42. The normalized spacial score (nSPS) is 12.9. The number of fused-ring (bicyclic) bond motifs is 1. The van der Waals surface area contributed by atoms with Gasteiger partial charge in [0.25, 0.3) is 0 Å². The summed E-state index contributed by atoms with van der Waals surface area (Å²) in [4.78, 5) is 12.1. The van der Waals surface area contributed by atoms with E-state index >= 15 is 0 Å². The second kappa shape index (κ2) is 13.1. The van der Waals surface area contributed by atoms with Crippen molar-refractivity contribution in [1.82, 2.24) is 10.0 Å². The molecule has 0 bridgehead atoms. The number of hydrogen-bond acceptors (Lipinski definition) is 6. The van der Waals surface area contributed by atoms with Gasteiger partial charge in [0.05, 0.1) is 11.5 Å². The molecule has 186 valence electrons. The number of sulfonamides is 1. The molecule has 0 spiro atoms. The molecule has 1 aliphatic heterocycles. The smallest absolute Gasteiger partial charge is 0.240 e. The van der Waals surface area contributed by atoms with E-state index in [-0.39, 0.29) is 16.6 Å². The molecule has 1 amide bonds. The van der Waals surface area contributed by atoms with E-state index in [2.05, 4.69) is 10.0 Å². The average Bonchev–Trinajstić information content (AvgIpc) is 2.84. The van der Waals surface area contributed by atoms with Crippen LogP contribution in [0.3, 0.4) is 0 Å². The molecule has 0 unspecified atom stereocenters. The van der Waals surface area contributed by atoms with Crippen LogP contribution in [-0.2, 0) is 14.8 Å². The third-order valence-electron chi connectivity index (χ3n) is 5.17. The van der Waals surface area contributed by atoms with Gasteiger partial charge < -0.3 is 19.5 Å². The van der Waals surface area contributed by atoms with Crippen molar-refractivity contribution in [2.75, 3.05) is 32.9 Å². The summed E-state index contributed by atoms with van der Waals surface area (Å²) < 4.78 is 56.7. The van der Waals surface area contributed by atoms with Gasteiger partial charge in [0.1, 0.15) is 24.8 Å². The Morgan fingerprint density at radius 2 is 1.65 bits per heavy atom. The Balaban J connectivity index is 1.20. The number of unbranched alkanes of at least 4 members (excludes halogenated alkanes) is 3. The van der Waals surface area contributed by atoms with Gasteiger partial charge in [-0.2, -0.15) is 0 Å². The van der Waals surface area contributed by atoms with Crippen molar-refractivity contribution in [3.63, 3.8) is 0 Å². The van der Waals surface area contributed by atoms with Crippen molar-refractivity contribution in [1.29, 1.82) is 0 Å². The number of nitrogens with one attached hydrogen (secondary N) is 2. The van der Waals surface area contributed by atoms with Crippen LogP contribution in [0.2, 0.25) is 0 Å². The molecule has 8 nitrogen and oxygen atoms in total. The fourth-order valence-electron chi connectivity index (χ4n) is 3.33. The first-order valence-corrected chi connectivity index (χ1v) is 13.0. The van der Waals surface area contributed by atoms with Crippen molar-refractivity contribution < 1.29 is 31.8 Å². The summed E-state index contributed by atoms with van der Waals surface area (Å²) in [7, 11) is -3.63. The maximum atomic E-state index is 12.8. The number of hydrogen-bond donors (Lipinski definition) is 2. The van der Waals surface area contributed by atoms with Gasteiger partial charge in [-0.15, -0.1) is 0 Å². The summed E-state index contributed by atoms with van der Waals surface area (Å²) in [6, 6.07) is 10.4. The molecule has 3 rings (SSSR count). The van der Waals surface area contributed by atoms with Crippen molar-refractivity contribution in [2.24, 2.45) is 0 Å². The molecule has 0 aliphatic carbocycles. The van der Waals surface area contributed by atoms with E-state index in [1.54, 1.807) is 18.2 Å². The van der Waals surface area contributed by atoms with E-state index in [0.717, 1.165) is 19.3 Å². The summed E-state index contributed by atoms with van der Waals surface area (Å²) in [5, 5.41) is 2.87. The van der Waals surface area contributed by atoms with Crippen molar-refractivity contribution in [2.45, 2.75) is 43.4 Å². The molecule has 0 aromatic heterocycles. The number of carbonyl (C=O) groups is 1. The van der Waals surface area contributed by atoms with Crippen LogP contribution in [-0.4, -0.2) is 47.2 Å². The van der Waals surface area contributed by atoms with E-state index in [1.165, 1.54) is 24.3 Å². The van der Waals surface area contributed by atoms with E-state index in [9.17, 15) is 17.6 Å². The molecule has 0 saturated heterocycles. The molecule has 0 radical (unpaired) electrons. The highest BCUT2D eigenvalue weighted by Crippen LogP contribution is 2.32. The molecule has 1 aliphatic rings. The molecular weight excluding hydrogens is 463 g/mol. The van der Waals surface area contributed by atoms with Gasteiger partial charge in [-0.25, -0.2) is 17.5 Å². The SMILES string of the molecule is O=C(CCCCCNS(=O)(=O)c1ccc2c(c1)OCCO2)NCCCCOc1ccc(F)cc1. The maximum absolute atomic E-state index is 12.8. The van der Waals surface area contributed by atoms with Crippen LogP contribution in [0.1, 0.15) is 38.5 Å². The average molecular weight is 495 g/mol. The third-order valence-corrected chi connectivity index (χ3v) is 6.63. The van der Waals surface area contributed by atoms with Gasteiger partial charge in [-0.05, 0) is 62.1 Å². The van der Waals surface area contributed by atoms with Crippen LogP contribution >= 0.6 is 0 Å². The van der Waals surface area contributed by atoms with Gasteiger partial charge in [0.2, 0.25) is 15.9 Å². The zero-order valence-electron chi connectivity index (χ0n) is 19.1. The summed E-state index contributed by atoms with van der Waals surface area (Å²) in [6.07, 6.45) is 4.03. The Hall–Kier alpha value is -2.85. The van der Waals surface area contributed by atoms with Crippen LogP contribution in [0.25, 0.3) is 0 Å². The van der Waals surface area contributed by atoms with Crippen LogP contribution in [0.4, 0.5) is 4.39 Å². The minimum Gasteiger partial charge on any atom is -0.494 e. The van der Waals surface area contributed by atoms with E-state index in [0.29, 0.717) is 69.4 Å². The minimum absolute atomic E-state index is 0.0173. The van der Waals surface area contributed by atoms with Crippen LogP contribution in [0.15, 0.2) is 47.4 Å². The number of amides is 1. The highest BCUT2D eigenvalue weighted by atomic mass is 32.2. The summed E-state index contributed by atoms with van der Waals surface area (Å²) >= 11 is 0. The molecule has 10 heteroatoms. The van der Waals surface area contributed by atoms with Crippen LogP contribution in [0.5, 0.6) is 17.2 Å². The summed E-state index contributed by atoms with van der Waals surface area (Å²) in [6.45, 7) is 2.21. The molecule has 34 heavy (non-hydrogen) atoms. The highest BCUT2D eigenvalue weighted by molar-refractivity contribution is 7.89. The largest absolute Gasteiger partial charge is 0.494 e. The second-order valence-electron chi connectivity index (χ2n) is 7.87. The molecule has 2 aromatic carbocycles. The molecule has 0 fully saturated rings. The predicted octanol–water partition coefficient (Wildman–Crippen LogP) is 3.41. The quantitative estimate of drug-likeness (QED) is 0.390. The Morgan fingerprint density at radius 1 is 0.912 bits per heavy atom. The number of benzene rings is 2. The highest BCUT2D eigenvalue weighted by Gasteiger charge is 2.18. The van der Waals surface area contributed by atoms with Crippen molar-refractivity contribution in [3.8, 4) is 17.2 Å². The number of carbonyl (C=O) groups excluding carboxylic acids is 1.